The lowest BCUT2D eigenvalue weighted by atomic mass is 9.79. The highest BCUT2D eigenvalue weighted by Crippen LogP contribution is 2.28. The maximum absolute atomic E-state index is 12.3. The molecule has 0 radical (unpaired) electrons. The molecule has 2 N–H and O–H groups in total. The molecule has 6 nitrogen and oxygen atoms in total. The lowest BCUT2D eigenvalue weighted by Gasteiger charge is -2.29. The van der Waals surface area contributed by atoms with Crippen LogP contribution in [0.25, 0.3) is 0 Å². The molecule has 1 fully saturated rings. The zero-order valence-corrected chi connectivity index (χ0v) is 17.5. The molecule has 0 aromatic carbocycles. The minimum Gasteiger partial charge on any atom is -0.377 e. The van der Waals surface area contributed by atoms with Gasteiger partial charge in [-0.2, -0.15) is 0 Å². The zero-order valence-electron chi connectivity index (χ0n) is 17.5. The Hall–Kier alpha value is -1.43. The molecule has 0 saturated heterocycles. The van der Waals surface area contributed by atoms with Crippen LogP contribution in [0.3, 0.4) is 0 Å². The zero-order chi connectivity index (χ0) is 20.2. The Kier molecular flexibility index (Phi) is 11.3. The lowest BCUT2D eigenvalue weighted by molar-refractivity contribution is -0.127. The van der Waals surface area contributed by atoms with Gasteiger partial charge in [0.15, 0.2) is 0 Å². The van der Waals surface area contributed by atoms with Gasteiger partial charge in [-0.15, -0.1) is 0 Å². The van der Waals surface area contributed by atoms with E-state index in [1.807, 2.05) is 27.7 Å². The standard InChI is InChI=1S/C21H38N2O4/c1-5-16(4)21(26)17-9-11-18(12-10-17)23-20(25)8-6-7-19(24)22-13-14-27-15(2)3/h15-18H,5-14H2,1-4H3,(H,22,24)(H,23,25). The number of hydrogen-bond acceptors (Lipinski definition) is 4. The van der Waals surface area contributed by atoms with E-state index >= 15 is 0 Å². The van der Waals surface area contributed by atoms with E-state index in [9.17, 15) is 14.4 Å². The molecule has 6 heteroatoms. The van der Waals surface area contributed by atoms with Crippen LogP contribution in [-0.2, 0) is 19.1 Å². The van der Waals surface area contributed by atoms with Gasteiger partial charge >= 0.3 is 0 Å². The average molecular weight is 383 g/mol. The SMILES string of the molecule is CCC(C)C(=O)C1CCC(NC(=O)CCCC(=O)NCCOC(C)C)CC1. The van der Waals surface area contributed by atoms with Gasteiger partial charge in [-0.25, -0.2) is 0 Å². The first-order chi connectivity index (χ1) is 12.8. The smallest absolute Gasteiger partial charge is 0.220 e. The van der Waals surface area contributed by atoms with Crippen molar-refractivity contribution in [3.05, 3.63) is 0 Å². The molecule has 0 heterocycles. The second kappa shape index (κ2) is 12.9. The molecule has 1 aliphatic carbocycles. The molecular weight excluding hydrogens is 344 g/mol. The van der Waals surface area contributed by atoms with Gasteiger partial charge in [-0.3, -0.25) is 14.4 Å². The maximum Gasteiger partial charge on any atom is 0.220 e. The van der Waals surface area contributed by atoms with Crippen LogP contribution >= 0.6 is 0 Å². The Morgan fingerprint density at radius 2 is 1.63 bits per heavy atom. The Morgan fingerprint density at radius 1 is 1.00 bits per heavy atom. The Balaban J connectivity index is 2.12. The fourth-order valence-corrected chi connectivity index (χ4v) is 3.41. The van der Waals surface area contributed by atoms with Crippen LogP contribution in [0.15, 0.2) is 0 Å². The highest BCUT2D eigenvalue weighted by atomic mass is 16.5. The summed E-state index contributed by atoms with van der Waals surface area (Å²) >= 11 is 0. The van der Waals surface area contributed by atoms with Crippen LogP contribution in [0, 0.1) is 11.8 Å². The normalized spacial score (nSPS) is 20.9. The second-order valence-corrected chi connectivity index (χ2v) is 7.95. The molecule has 27 heavy (non-hydrogen) atoms. The largest absolute Gasteiger partial charge is 0.377 e. The number of amides is 2. The summed E-state index contributed by atoms with van der Waals surface area (Å²) in [5.41, 5.74) is 0. The van der Waals surface area contributed by atoms with Crippen molar-refractivity contribution in [2.75, 3.05) is 13.2 Å². The van der Waals surface area contributed by atoms with Crippen LogP contribution in [-0.4, -0.2) is 42.9 Å². The Bertz CT molecular complexity index is 471. The summed E-state index contributed by atoms with van der Waals surface area (Å²) in [7, 11) is 0. The number of carbonyl (C=O) groups is 3. The molecule has 1 atom stereocenters. The fraction of sp³-hybridized carbons (Fsp3) is 0.857. The summed E-state index contributed by atoms with van der Waals surface area (Å²) in [6.45, 7) is 8.97. The van der Waals surface area contributed by atoms with Crippen molar-refractivity contribution in [1.82, 2.24) is 10.6 Å². The third-order valence-corrected chi connectivity index (χ3v) is 5.28. The number of Topliss-reactive ketones (excluding diaryl/α,β-unsaturated/α-hetero) is 1. The van der Waals surface area contributed by atoms with E-state index in [0.717, 1.165) is 32.1 Å². The summed E-state index contributed by atoms with van der Waals surface area (Å²) in [5, 5.41) is 5.85. The Labute approximate surface area is 164 Å². The van der Waals surface area contributed by atoms with Crippen LogP contribution in [0.1, 0.15) is 79.1 Å². The van der Waals surface area contributed by atoms with Crippen LogP contribution in [0.4, 0.5) is 0 Å². The average Bonchev–Trinajstić information content (AvgIpc) is 2.64. The molecule has 2 amide bonds. The van der Waals surface area contributed by atoms with Crippen molar-refractivity contribution in [3.63, 3.8) is 0 Å². The van der Waals surface area contributed by atoms with Crippen molar-refractivity contribution < 1.29 is 19.1 Å². The molecule has 1 aliphatic rings. The quantitative estimate of drug-likeness (QED) is 0.508. The third kappa shape index (κ3) is 9.89. The number of carbonyl (C=O) groups excluding carboxylic acids is 3. The van der Waals surface area contributed by atoms with Crippen LogP contribution in [0.5, 0.6) is 0 Å². The third-order valence-electron chi connectivity index (χ3n) is 5.28. The molecule has 156 valence electrons. The number of nitrogens with one attached hydrogen (secondary N) is 2. The molecule has 0 aromatic heterocycles. The van der Waals surface area contributed by atoms with Gasteiger partial charge in [-0.1, -0.05) is 13.8 Å². The first-order valence-electron chi connectivity index (χ1n) is 10.5. The van der Waals surface area contributed by atoms with E-state index in [2.05, 4.69) is 10.6 Å². The fourth-order valence-electron chi connectivity index (χ4n) is 3.41. The van der Waals surface area contributed by atoms with Gasteiger partial charge in [0.25, 0.3) is 0 Å². The molecular formula is C21H38N2O4. The molecule has 1 saturated carbocycles. The molecule has 0 aromatic rings. The summed E-state index contributed by atoms with van der Waals surface area (Å²) in [5.74, 6) is 0.648. The predicted octanol–water partition coefficient (Wildman–Crippen LogP) is 2.99. The van der Waals surface area contributed by atoms with E-state index in [0.29, 0.717) is 38.2 Å². The van der Waals surface area contributed by atoms with Gasteiger partial charge in [0, 0.05) is 37.3 Å². The van der Waals surface area contributed by atoms with Gasteiger partial charge < -0.3 is 15.4 Å². The number of hydrogen-bond donors (Lipinski definition) is 2. The second-order valence-electron chi connectivity index (χ2n) is 7.95. The molecule has 0 bridgehead atoms. The maximum atomic E-state index is 12.3. The van der Waals surface area contributed by atoms with E-state index in [1.165, 1.54) is 0 Å². The van der Waals surface area contributed by atoms with Gasteiger partial charge in [0.2, 0.25) is 11.8 Å². The van der Waals surface area contributed by atoms with E-state index in [4.69, 9.17) is 4.74 Å². The minimum absolute atomic E-state index is 0.00245. The highest BCUT2D eigenvalue weighted by molar-refractivity contribution is 5.83. The minimum atomic E-state index is -0.0424. The first kappa shape index (κ1) is 23.6. The van der Waals surface area contributed by atoms with Crippen LogP contribution in [0.2, 0.25) is 0 Å². The molecule has 1 rings (SSSR count). The van der Waals surface area contributed by atoms with Crippen molar-refractivity contribution in [1.29, 1.82) is 0 Å². The molecule has 0 spiro atoms. The van der Waals surface area contributed by atoms with E-state index < -0.39 is 0 Å². The van der Waals surface area contributed by atoms with Gasteiger partial charge in [0.05, 0.1) is 12.7 Å². The topological polar surface area (TPSA) is 84.5 Å². The van der Waals surface area contributed by atoms with Crippen LogP contribution < -0.4 is 10.6 Å². The van der Waals surface area contributed by atoms with Gasteiger partial charge in [-0.05, 0) is 52.4 Å². The Morgan fingerprint density at radius 3 is 2.22 bits per heavy atom. The summed E-state index contributed by atoms with van der Waals surface area (Å²) < 4.78 is 5.36. The lowest BCUT2D eigenvalue weighted by Crippen LogP contribution is -2.39. The van der Waals surface area contributed by atoms with Crippen molar-refractivity contribution in [3.8, 4) is 0 Å². The van der Waals surface area contributed by atoms with Crippen molar-refractivity contribution >= 4 is 17.6 Å². The number of rotatable bonds is 12. The predicted molar refractivity (Wildman–Crippen MR) is 106 cm³/mol. The summed E-state index contributed by atoms with van der Waals surface area (Å²) in [6, 6.07) is 0.167. The summed E-state index contributed by atoms with van der Waals surface area (Å²) in [4.78, 5) is 36.0. The summed E-state index contributed by atoms with van der Waals surface area (Å²) in [6.07, 6.45) is 5.80. The molecule has 1 unspecified atom stereocenters. The van der Waals surface area contributed by atoms with Gasteiger partial charge in [0.1, 0.15) is 5.78 Å². The van der Waals surface area contributed by atoms with E-state index in [1.54, 1.807) is 0 Å². The number of ether oxygens (including phenoxy) is 1. The number of ketones is 1. The van der Waals surface area contributed by atoms with Crippen molar-refractivity contribution in [2.45, 2.75) is 91.2 Å². The van der Waals surface area contributed by atoms with E-state index in [-0.39, 0.29) is 35.8 Å². The monoisotopic (exact) mass is 382 g/mol. The molecule has 0 aliphatic heterocycles. The van der Waals surface area contributed by atoms with Crippen molar-refractivity contribution in [2.24, 2.45) is 11.8 Å². The highest BCUT2D eigenvalue weighted by Gasteiger charge is 2.28. The first-order valence-corrected chi connectivity index (χ1v) is 10.5.